The second kappa shape index (κ2) is 7.91. The van der Waals surface area contributed by atoms with Gasteiger partial charge in [-0.25, -0.2) is 13.1 Å². The van der Waals surface area contributed by atoms with E-state index in [0.717, 1.165) is 38.1 Å². The van der Waals surface area contributed by atoms with E-state index in [9.17, 15) is 21.6 Å². The first-order chi connectivity index (χ1) is 12.8. The van der Waals surface area contributed by atoms with E-state index >= 15 is 0 Å². The first kappa shape index (κ1) is 19.7. The van der Waals surface area contributed by atoms with Crippen molar-refractivity contribution < 1.29 is 30.7 Å². The lowest BCUT2D eigenvalue weighted by Gasteiger charge is -2.26. The largest absolute Gasteiger partial charge is 0.573 e. The number of nitrogens with one attached hydrogen (secondary N) is 1. The molecule has 2 heterocycles. The molecule has 1 N–H and O–H groups in total. The summed E-state index contributed by atoms with van der Waals surface area (Å²) in [6, 6.07) is 7.76. The highest BCUT2D eigenvalue weighted by Crippen LogP contribution is 2.30. The number of rotatable bonds is 7. The maximum absolute atomic E-state index is 12.6. The molecule has 1 aliphatic heterocycles. The van der Waals surface area contributed by atoms with Gasteiger partial charge in [0.2, 0.25) is 10.0 Å². The van der Waals surface area contributed by atoms with E-state index in [0.29, 0.717) is 5.76 Å². The molecule has 0 radical (unpaired) electrons. The molecule has 0 aliphatic carbocycles. The first-order valence-corrected chi connectivity index (χ1v) is 9.86. The summed E-state index contributed by atoms with van der Waals surface area (Å²) in [5.41, 5.74) is 0. The van der Waals surface area contributed by atoms with Crippen molar-refractivity contribution in [1.29, 1.82) is 0 Å². The van der Waals surface area contributed by atoms with Crippen LogP contribution in [0.1, 0.15) is 24.6 Å². The molecule has 1 aromatic heterocycles. The maximum Gasteiger partial charge on any atom is 0.573 e. The van der Waals surface area contributed by atoms with Gasteiger partial charge in [0.15, 0.2) is 0 Å². The fraction of sp³-hybridized carbons (Fsp3) is 0.412. The van der Waals surface area contributed by atoms with Crippen molar-refractivity contribution in [3.8, 4) is 5.75 Å². The van der Waals surface area contributed by atoms with E-state index < -0.39 is 27.0 Å². The summed E-state index contributed by atoms with van der Waals surface area (Å²) in [6.07, 6.45) is -1.50. The van der Waals surface area contributed by atoms with Crippen LogP contribution in [0.2, 0.25) is 0 Å². The van der Waals surface area contributed by atoms with Crippen LogP contribution in [0.4, 0.5) is 13.2 Å². The Morgan fingerprint density at radius 2 is 1.85 bits per heavy atom. The van der Waals surface area contributed by atoms with E-state index in [4.69, 9.17) is 4.42 Å². The fourth-order valence-electron chi connectivity index (χ4n) is 3.09. The number of hydrogen-bond donors (Lipinski definition) is 1. The minimum Gasteiger partial charge on any atom is -0.468 e. The standard InChI is InChI=1S/C17H19F3N2O4S/c18-17(19,20)26-15-6-1-2-8-16(15)27(23,24)21-12-13(14-7-5-11-25-14)22-9-3-4-10-22/h1-2,5-8,11,13,21H,3-4,9-10,12H2/t13-/m0/s1. The topological polar surface area (TPSA) is 71.8 Å². The molecule has 1 aromatic carbocycles. The second-order valence-electron chi connectivity index (χ2n) is 6.12. The fourth-order valence-corrected chi connectivity index (χ4v) is 4.26. The number of alkyl halides is 3. The van der Waals surface area contributed by atoms with E-state index in [1.54, 1.807) is 12.1 Å². The molecule has 27 heavy (non-hydrogen) atoms. The van der Waals surface area contributed by atoms with Crippen LogP contribution >= 0.6 is 0 Å². The number of halogens is 3. The number of hydrogen-bond acceptors (Lipinski definition) is 5. The third-order valence-electron chi connectivity index (χ3n) is 4.28. The van der Waals surface area contributed by atoms with Crippen molar-refractivity contribution in [3.63, 3.8) is 0 Å². The van der Waals surface area contributed by atoms with Gasteiger partial charge < -0.3 is 9.15 Å². The Morgan fingerprint density at radius 1 is 1.15 bits per heavy atom. The Bertz CT molecular complexity index is 847. The normalized spacial score (nSPS) is 17.1. The van der Waals surface area contributed by atoms with Crippen molar-refractivity contribution in [2.75, 3.05) is 19.6 Å². The molecule has 1 atom stereocenters. The van der Waals surface area contributed by atoms with Gasteiger partial charge in [0.25, 0.3) is 0 Å². The van der Waals surface area contributed by atoms with E-state index in [-0.39, 0.29) is 12.6 Å². The molecule has 3 rings (SSSR count). The lowest BCUT2D eigenvalue weighted by Crippen LogP contribution is -2.36. The number of ether oxygens (including phenoxy) is 1. The van der Waals surface area contributed by atoms with Crippen LogP contribution in [0, 0.1) is 0 Å². The summed E-state index contributed by atoms with van der Waals surface area (Å²) in [4.78, 5) is 1.52. The Morgan fingerprint density at radius 3 is 2.48 bits per heavy atom. The van der Waals surface area contributed by atoms with E-state index in [1.807, 2.05) is 0 Å². The molecule has 148 valence electrons. The summed E-state index contributed by atoms with van der Waals surface area (Å²) in [5.74, 6) is -0.173. The highest BCUT2D eigenvalue weighted by molar-refractivity contribution is 7.89. The summed E-state index contributed by atoms with van der Waals surface area (Å²) >= 11 is 0. The van der Waals surface area contributed by atoms with Gasteiger partial charge in [-0.3, -0.25) is 4.90 Å². The van der Waals surface area contributed by atoms with Crippen LogP contribution in [0.15, 0.2) is 52.0 Å². The number of likely N-dealkylation sites (tertiary alicyclic amines) is 1. The second-order valence-corrected chi connectivity index (χ2v) is 7.86. The van der Waals surface area contributed by atoms with E-state index in [1.165, 1.54) is 18.4 Å². The van der Waals surface area contributed by atoms with Crippen LogP contribution in [-0.2, 0) is 10.0 Å². The van der Waals surface area contributed by atoms with Gasteiger partial charge >= 0.3 is 6.36 Å². The molecule has 0 spiro atoms. The molecule has 1 aliphatic rings. The van der Waals surface area contributed by atoms with Crippen LogP contribution in [0.25, 0.3) is 0 Å². The predicted molar refractivity (Wildman–Crippen MR) is 90.6 cm³/mol. The molecular formula is C17H19F3N2O4S. The van der Waals surface area contributed by atoms with Gasteiger partial charge in [0.05, 0.1) is 12.3 Å². The molecule has 0 bridgehead atoms. The van der Waals surface area contributed by atoms with Gasteiger partial charge in [-0.2, -0.15) is 0 Å². The lowest BCUT2D eigenvalue weighted by molar-refractivity contribution is -0.275. The first-order valence-electron chi connectivity index (χ1n) is 8.38. The molecule has 1 fully saturated rings. The molecule has 0 saturated carbocycles. The highest BCUT2D eigenvalue weighted by atomic mass is 32.2. The average molecular weight is 404 g/mol. The number of furan rings is 1. The van der Waals surface area contributed by atoms with E-state index in [2.05, 4.69) is 14.4 Å². The third-order valence-corrected chi connectivity index (χ3v) is 5.75. The minimum absolute atomic E-state index is 0.0315. The van der Waals surface area contributed by atoms with Crippen LogP contribution in [0.5, 0.6) is 5.75 Å². The maximum atomic E-state index is 12.6. The monoisotopic (exact) mass is 404 g/mol. The summed E-state index contributed by atoms with van der Waals surface area (Å²) in [6.45, 7) is 1.55. The zero-order valence-electron chi connectivity index (χ0n) is 14.3. The molecule has 0 amide bonds. The average Bonchev–Trinajstić information content (AvgIpc) is 3.28. The summed E-state index contributed by atoms with van der Waals surface area (Å²) in [7, 11) is -4.22. The highest BCUT2D eigenvalue weighted by Gasteiger charge is 2.34. The summed E-state index contributed by atoms with van der Waals surface area (Å²) in [5, 5.41) is 0. The van der Waals surface area contributed by atoms with Crippen molar-refractivity contribution in [3.05, 3.63) is 48.4 Å². The molecular weight excluding hydrogens is 385 g/mol. The SMILES string of the molecule is O=S(=O)(NC[C@@H](c1ccco1)N1CCCC1)c1ccccc1OC(F)(F)F. The number of sulfonamides is 1. The molecule has 10 heteroatoms. The van der Waals surface area contributed by atoms with Gasteiger partial charge in [-0.1, -0.05) is 12.1 Å². The van der Waals surface area contributed by atoms with Crippen molar-refractivity contribution in [2.24, 2.45) is 0 Å². The zero-order chi connectivity index (χ0) is 19.5. The minimum atomic E-state index is -4.99. The Balaban J connectivity index is 1.80. The van der Waals surface area contributed by atoms with Crippen LogP contribution < -0.4 is 9.46 Å². The van der Waals surface area contributed by atoms with Crippen molar-refractivity contribution >= 4 is 10.0 Å². The zero-order valence-corrected chi connectivity index (χ0v) is 15.1. The van der Waals surface area contributed by atoms with Gasteiger partial charge in [-0.05, 0) is 50.2 Å². The molecule has 0 unspecified atom stereocenters. The van der Waals surface area contributed by atoms with Crippen LogP contribution in [-0.4, -0.2) is 39.3 Å². The van der Waals surface area contributed by atoms with Gasteiger partial charge in [0, 0.05) is 6.54 Å². The molecule has 1 saturated heterocycles. The Labute approximate surface area is 155 Å². The van der Waals surface area contributed by atoms with Gasteiger partial charge in [0.1, 0.15) is 16.4 Å². The third kappa shape index (κ3) is 5.02. The Kier molecular flexibility index (Phi) is 5.78. The number of nitrogens with zero attached hydrogens (tertiary/aromatic N) is 1. The predicted octanol–water partition coefficient (Wildman–Crippen LogP) is 3.29. The lowest BCUT2D eigenvalue weighted by atomic mass is 10.2. The quantitative estimate of drug-likeness (QED) is 0.767. The number of para-hydroxylation sites is 1. The van der Waals surface area contributed by atoms with Crippen molar-refractivity contribution in [2.45, 2.75) is 30.1 Å². The van der Waals surface area contributed by atoms with Gasteiger partial charge in [-0.15, -0.1) is 13.2 Å². The van der Waals surface area contributed by atoms with Crippen LogP contribution in [0.3, 0.4) is 0 Å². The summed E-state index contributed by atoms with van der Waals surface area (Å²) < 4.78 is 74.6. The smallest absolute Gasteiger partial charge is 0.468 e. The molecule has 6 nitrogen and oxygen atoms in total. The Hall–Kier alpha value is -2.04. The number of benzene rings is 1. The molecule has 2 aromatic rings. The van der Waals surface area contributed by atoms with Crippen molar-refractivity contribution in [1.82, 2.24) is 9.62 Å².